The van der Waals surface area contributed by atoms with Crippen molar-refractivity contribution in [1.29, 1.82) is 0 Å². The van der Waals surface area contributed by atoms with Gasteiger partial charge in [-0.15, -0.1) is 11.3 Å². The normalized spacial score (nSPS) is 10.6. The average molecular weight is 285 g/mol. The Kier molecular flexibility index (Phi) is 3.30. The van der Waals surface area contributed by atoms with Gasteiger partial charge >= 0.3 is 0 Å². The van der Waals surface area contributed by atoms with E-state index < -0.39 is 5.91 Å². The first-order chi connectivity index (χ1) is 9.74. The van der Waals surface area contributed by atoms with Crippen molar-refractivity contribution in [3.8, 4) is 0 Å². The highest BCUT2D eigenvalue weighted by Crippen LogP contribution is 2.21. The summed E-state index contributed by atoms with van der Waals surface area (Å²) in [6, 6.07) is 9.12. The van der Waals surface area contributed by atoms with Crippen LogP contribution in [0.5, 0.6) is 0 Å². The van der Waals surface area contributed by atoms with Crippen molar-refractivity contribution in [3.05, 3.63) is 63.5 Å². The van der Waals surface area contributed by atoms with Gasteiger partial charge in [0.15, 0.2) is 5.43 Å². The lowest BCUT2D eigenvalue weighted by molar-refractivity contribution is 0.0949. The maximum Gasteiger partial charge on any atom is 0.257 e. The summed E-state index contributed by atoms with van der Waals surface area (Å²) in [7, 11) is 0. The van der Waals surface area contributed by atoms with Crippen molar-refractivity contribution in [1.82, 2.24) is 15.3 Å². The fraction of sp³-hybridized carbons (Fsp3) is 0.0714. The maximum atomic E-state index is 11.9. The van der Waals surface area contributed by atoms with Crippen LogP contribution in [0.3, 0.4) is 0 Å². The zero-order valence-corrected chi connectivity index (χ0v) is 11.2. The van der Waals surface area contributed by atoms with Crippen LogP contribution in [0.15, 0.2) is 47.5 Å². The molecule has 0 atom stereocenters. The lowest BCUT2D eigenvalue weighted by Gasteiger charge is -2.01. The predicted molar refractivity (Wildman–Crippen MR) is 77.9 cm³/mol. The number of nitrogens with one attached hydrogen (secondary N) is 2. The second-order valence-corrected chi connectivity index (χ2v) is 5.30. The molecule has 1 aromatic carbocycles. The molecule has 2 heterocycles. The zero-order chi connectivity index (χ0) is 13.9. The van der Waals surface area contributed by atoms with Crippen LogP contribution in [0.1, 0.15) is 15.4 Å². The first kappa shape index (κ1) is 12.6. The Morgan fingerprint density at radius 2 is 2.15 bits per heavy atom. The minimum absolute atomic E-state index is 0.105. The van der Waals surface area contributed by atoms with Crippen LogP contribution in [0, 0.1) is 0 Å². The number of hydrogen-bond donors (Lipinski definition) is 2. The van der Waals surface area contributed by atoms with E-state index in [9.17, 15) is 9.59 Å². The first-order valence-electron chi connectivity index (χ1n) is 6.04. The largest absolute Gasteiger partial charge is 0.367 e. The molecule has 0 aliphatic rings. The number of aromatic amines is 1. The lowest BCUT2D eigenvalue weighted by atomic mass is 10.2. The number of carbonyl (C=O) groups is 1. The number of rotatable bonds is 3. The van der Waals surface area contributed by atoms with E-state index in [0.29, 0.717) is 6.54 Å². The first-order valence-corrected chi connectivity index (χ1v) is 6.85. The van der Waals surface area contributed by atoms with E-state index in [4.69, 9.17) is 0 Å². The number of H-pyrrole nitrogens is 1. The molecule has 6 heteroatoms. The Morgan fingerprint density at radius 1 is 1.30 bits per heavy atom. The quantitative estimate of drug-likeness (QED) is 0.772. The molecule has 0 fully saturated rings. The number of pyridine rings is 1. The molecule has 20 heavy (non-hydrogen) atoms. The van der Waals surface area contributed by atoms with Crippen molar-refractivity contribution in [3.63, 3.8) is 0 Å². The van der Waals surface area contributed by atoms with Crippen molar-refractivity contribution in [2.45, 2.75) is 6.54 Å². The Hall–Kier alpha value is -2.47. The highest BCUT2D eigenvalue weighted by atomic mass is 32.1. The summed E-state index contributed by atoms with van der Waals surface area (Å²) in [5.41, 5.74) is 0.721. The SMILES string of the molecule is O=C(NCc1nc2ccccc2s1)c1c[nH]ccc1=O. The summed E-state index contributed by atoms with van der Waals surface area (Å²) < 4.78 is 1.08. The summed E-state index contributed by atoms with van der Waals surface area (Å²) >= 11 is 1.53. The number of para-hydroxylation sites is 1. The summed E-state index contributed by atoms with van der Waals surface area (Å²) in [5, 5.41) is 3.52. The van der Waals surface area contributed by atoms with E-state index in [1.807, 2.05) is 24.3 Å². The van der Waals surface area contributed by atoms with Gasteiger partial charge in [0.1, 0.15) is 10.6 Å². The van der Waals surface area contributed by atoms with Gasteiger partial charge < -0.3 is 10.3 Å². The number of fused-ring (bicyclic) bond motifs is 1. The van der Waals surface area contributed by atoms with Crippen LogP contribution < -0.4 is 10.7 Å². The molecule has 1 amide bonds. The molecular weight excluding hydrogens is 274 g/mol. The molecule has 0 aliphatic heterocycles. The van der Waals surface area contributed by atoms with Crippen LogP contribution >= 0.6 is 11.3 Å². The van der Waals surface area contributed by atoms with E-state index in [-0.39, 0.29) is 11.0 Å². The maximum absolute atomic E-state index is 11.9. The van der Waals surface area contributed by atoms with Crippen molar-refractivity contribution in [2.75, 3.05) is 0 Å². The number of amides is 1. The van der Waals surface area contributed by atoms with Crippen LogP contribution in [0.2, 0.25) is 0 Å². The molecule has 5 nitrogen and oxygen atoms in total. The Bertz CT molecular complexity index is 789. The van der Waals surface area contributed by atoms with Gasteiger partial charge in [0.05, 0.1) is 16.8 Å². The smallest absolute Gasteiger partial charge is 0.257 e. The molecule has 2 aromatic heterocycles. The van der Waals surface area contributed by atoms with Crippen LogP contribution in [-0.4, -0.2) is 15.9 Å². The number of benzene rings is 1. The highest BCUT2D eigenvalue weighted by molar-refractivity contribution is 7.18. The number of hydrogen-bond acceptors (Lipinski definition) is 4. The van der Waals surface area contributed by atoms with Gasteiger partial charge in [-0.25, -0.2) is 4.98 Å². The Balaban J connectivity index is 1.75. The van der Waals surface area contributed by atoms with Crippen molar-refractivity contribution < 1.29 is 4.79 Å². The molecule has 0 aliphatic carbocycles. The third-order valence-corrected chi connectivity index (χ3v) is 3.84. The molecule has 0 unspecified atom stereocenters. The molecule has 0 saturated carbocycles. The topological polar surface area (TPSA) is 74.8 Å². The van der Waals surface area contributed by atoms with Crippen molar-refractivity contribution >= 4 is 27.5 Å². The van der Waals surface area contributed by atoms with Crippen molar-refractivity contribution in [2.24, 2.45) is 0 Å². The van der Waals surface area contributed by atoms with Crippen LogP contribution in [0.25, 0.3) is 10.2 Å². The molecule has 0 saturated heterocycles. The number of nitrogens with zero attached hydrogens (tertiary/aromatic N) is 1. The summed E-state index contributed by atoms with van der Waals surface area (Å²) in [6.45, 7) is 0.312. The van der Waals surface area contributed by atoms with Gasteiger partial charge in [-0.1, -0.05) is 12.1 Å². The van der Waals surface area contributed by atoms with Gasteiger partial charge in [-0.2, -0.15) is 0 Å². The second kappa shape index (κ2) is 5.26. The third kappa shape index (κ3) is 2.46. The highest BCUT2D eigenvalue weighted by Gasteiger charge is 2.10. The van der Waals surface area contributed by atoms with E-state index >= 15 is 0 Å². The van der Waals surface area contributed by atoms with Gasteiger partial charge in [-0.05, 0) is 12.1 Å². The molecule has 2 N–H and O–H groups in total. The number of thiazole rings is 1. The summed E-state index contributed by atoms with van der Waals surface area (Å²) in [4.78, 5) is 30.6. The molecule has 0 radical (unpaired) electrons. The standard InChI is InChI=1S/C14H11N3O2S/c18-11-5-6-15-7-9(11)14(19)16-8-13-17-10-3-1-2-4-12(10)20-13/h1-7H,8H2,(H,15,18)(H,16,19). The van der Waals surface area contributed by atoms with E-state index in [1.165, 1.54) is 29.8 Å². The van der Waals surface area contributed by atoms with E-state index in [2.05, 4.69) is 15.3 Å². The predicted octanol–water partition coefficient (Wildman–Crippen LogP) is 1.91. The molecule has 0 spiro atoms. The van der Waals surface area contributed by atoms with Gasteiger partial charge in [0.2, 0.25) is 0 Å². The second-order valence-electron chi connectivity index (χ2n) is 4.18. The minimum Gasteiger partial charge on any atom is -0.367 e. The summed E-state index contributed by atoms with van der Waals surface area (Å²) in [5.74, 6) is -0.397. The van der Waals surface area contributed by atoms with E-state index in [1.54, 1.807) is 0 Å². The fourth-order valence-electron chi connectivity index (χ4n) is 1.84. The zero-order valence-electron chi connectivity index (χ0n) is 10.4. The average Bonchev–Trinajstić information content (AvgIpc) is 2.88. The minimum atomic E-state index is -0.397. The van der Waals surface area contributed by atoms with E-state index in [0.717, 1.165) is 15.2 Å². The van der Waals surface area contributed by atoms with Crippen LogP contribution in [0.4, 0.5) is 0 Å². The fourth-order valence-corrected chi connectivity index (χ4v) is 2.75. The van der Waals surface area contributed by atoms with Gasteiger partial charge in [0, 0.05) is 18.5 Å². The van der Waals surface area contributed by atoms with Gasteiger partial charge in [-0.3, -0.25) is 9.59 Å². The molecule has 100 valence electrons. The number of aromatic nitrogens is 2. The molecular formula is C14H11N3O2S. The molecule has 3 aromatic rings. The van der Waals surface area contributed by atoms with Gasteiger partial charge in [0.25, 0.3) is 5.91 Å². The number of carbonyl (C=O) groups excluding carboxylic acids is 1. The van der Waals surface area contributed by atoms with Crippen LogP contribution in [-0.2, 0) is 6.54 Å². The third-order valence-electron chi connectivity index (χ3n) is 2.81. The Morgan fingerprint density at radius 3 is 2.95 bits per heavy atom. The lowest BCUT2D eigenvalue weighted by Crippen LogP contribution is -2.27. The molecule has 0 bridgehead atoms. The molecule has 3 rings (SSSR count). The Labute approximate surface area is 118 Å². The monoisotopic (exact) mass is 285 g/mol. The summed E-state index contributed by atoms with van der Waals surface area (Å²) in [6.07, 6.45) is 2.89.